The molecule has 0 bridgehead atoms. The molecule has 0 spiro atoms. The van der Waals surface area contributed by atoms with Crippen LogP contribution in [-0.2, 0) is 6.42 Å². The highest BCUT2D eigenvalue weighted by molar-refractivity contribution is 7.99. The summed E-state index contributed by atoms with van der Waals surface area (Å²) in [4.78, 5) is 5.86. The van der Waals surface area contributed by atoms with Crippen molar-refractivity contribution in [3.8, 4) is 0 Å². The second kappa shape index (κ2) is 5.14. The van der Waals surface area contributed by atoms with Crippen LogP contribution in [0.15, 0.2) is 6.20 Å². The summed E-state index contributed by atoms with van der Waals surface area (Å²) < 4.78 is 0. The first-order valence-electron chi connectivity index (χ1n) is 5.12. The molecule has 1 aromatic rings. The maximum Gasteiger partial charge on any atom is 0.0959 e. The van der Waals surface area contributed by atoms with Crippen molar-refractivity contribution in [3.05, 3.63) is 16.1 Å². The van der Waals surface area contributed by atoms with Crippen molar-refractivity contribution in [2.24, 2.45) is 5.73 Å². The van der Waals surface area contributed by atoms with Gasteiger partial charge >= 0.3 is 0 Å². The van der Waals surface area contributed by atoms with Crippen molar-refractivity contribution >= 4 is 23.1 Å². The van der Waals surface area contributed by atoms with Crippen LogP contribution in [0.3, 0.4) is 0 Å². The summed E-state index contributed by atoms with van der Waals surface area (Å²) in [6, 6.07) is 0. The Hall–Kier alpha value is -0.0600. The molecule has 78 valence electrons. The highest BCUT2D eigenvalue weighted by Gasteiger charge is 2.18. The molecule has 0 radical (unpaired) electrons. The fourth-order valence-corrected chi connectivity index (χ4v) is 3.92. The van der Waals surface area contributed by atoms with E-state index in [-0.39, 0.29) is 0 Å². The summed E-state index contributed by atoms with van der Waals surface area (Å²) in [6.45, 7) is 0.738. The molecule has 0 aromatic carbocycles. The van der Waals surface area contributed by atoms with Crippen LogP contribution in [0.2, 0.25) is 0 Å². The fourth-order valence-electron chi connectivity index (χ4n) is 1.71. The van der Waals surface area contributed by atoms with Crippen molar-refractivity contribution < 1.29 is 0 Å². The Morgan fingerprint density at radius 3 is 2.93 bits per heavy atom. The van der Waals surface area contributed by atoms with Gasteiger partial charge in [0.2, 0.25) is 0 Å². The largest absolute Gasteiger partial charge is 0.330 e. The molecule has 0 atom stereocenters. The van der Waals surface area contributed by atoms with E-state index in [9.17, 15) is 0 Å². The van der Waals surface area contributed by atoms with Crippen molar-refractivity contribution in [2.75, 3.05) is 18.1 Å². The summed E-state index contributed by atoms with van der Waals surface area (Å²) in [5, 5.41) is 1.34. The van der Waals surface area contributed by atoms with E-state index in [0.29, 0.717) is 0 Å². The third-order valence-corrected chi connectivity index (χ3v) is 4.80. The second-order valence-electron chi connectivity index (χ2n) is 3.59. The fraction of sp³-hybridized carbons (Fsp3) is 0.700. The predicted octanol–water partition coefficient (Wildman–Crippen LogP) is 2.25. The molecule has 4 heteroatoms. The smallest absolute Gasteiger partial charge is 0.0959 e. The molecular weight excluding hydrogens is 212 g/mol. The van der Waals surface area contributed by atoms with E-state index in [1.54, 1.807) is 0 Å². The molecule has 0 saturated carbocycles. The lowest BCUT2D eigenvalue weighted by molar-refractivity contribution is 0.633. The molecule has 14 heavy (non-hydrogen) atoms. The normalized spacial score (nSPS) is 18.6. The van der Waals surface area contributed by atoms with Gasteiger partial charge in [0.1, 0.15) is 0 Å². The molecule has 0 unspecified atom stereocenters. The number of thioether (sulfide) groups is 1. The van der Waals surface area contributed by atoms with E-state index in [1.165, 1.54) is 34.2 Å². The summed E-state index contributed by atoms with van der Waals surface area (Å²) in [5.74, 6) is 3.33. The van der Waals surface area contributed by atoms with Gasteiger partial charge in [0.15, 0.2) is 0 Å². The van der Waals surface area contributed by atoms with Gasteiger partial charge in [0, 0.05) is 17.0 Å². The number of hydrogen-bond donors (Lipinski definition) is 1. The quantitative estimate of drug-likeness (QED) is 0.862. The van der Waals surface area contributed by atoms with Crippen molar-refractivity contribution in [1.82, 2.24) is 4.98 Å². The Morgan fingerprint density at radius 2 is 2.21 bits per heavy atom. The summed E-state index contributed by atoms with van der Waals surface area (Å²) in [7, 11) is 0. The number of thiazole rings is 1. The van der Waals surface area contributed by atoms with Crippen molar-refractivity contribution in [1.29, 1.82) is 0 Å². The average Bonchev–Trinajstić information content (AvgIpc) is 2.68. The zero-order chi connectivity index (χ0) is 9.80. The number of hydrogen-bond acceptors (Lipinski definition) is 4. The van der Waals surface area contributed by atoms with E-state index in [4.69, 9.17) is 5.73 Å². The van der Waals surface area contributed by atoms with E-state index < -0.39 is 0 Å². The molecule has 0 aliphatic carbocycles. The first-order chi connectivity index (χ1) is 6.90. The highest BCUT2D eigenvalue weighted by Crippen LogP contribution is 2.33. The predicted molar refractivity (Wildman–Crippen MR) is 64.2 cm³/mol. The number of aromatic nitrogens is 1. The van der Waals surface area contributed by atoms with Crippen LogP contribution in [0.1, 0.15) is 28.6 Å². The molecule has 1 aromatic heterocycles. The zero-order valence-electron chi connectivity index (χ0n) is 8.24. The monoisotopic (exact) mass is 228 g/mol. The van der Waals surface area contributed by atoms with E-state index in [0.717, 1.165) is 18.9 Å². The first kappa shape index (κ1) is 10.5. The third-order valence-electron chi connectivity index (χ3n) is 2.53. The van der Waals surface area contributed by atoms with E-state index in [2.05, 4.69) is 16.7 Å². The van der Waals surface area contributed by atoms with Crippen LogP contribution in [0.5, 0.6) is 0 Å². The summed E-state index contributed by atoms with van der Waals surface area (Å²) in [6.07, 6.45) is 5.61. The lowest BCUT2D eigenvalue weighted by Gasteiger charge is -2.18. The van der Waals surface area contributed by atoms with Gasteiger partial charge in [-0.25, -0.2) is 4.98 Å². The van der Waals surface area contributed by atoms with Crippen LogP contribution < -0.4 is 5.73 Å². The second-order valence-corrected chi connectivity index (χ2v) is 5.96. The molecular formula is C10H16N2S2. The molecule has 1 fully saturated rings. The lowest BCUT2D eigenvalue weighted by atomic mass is 10.0. The Balaban J connectivity index is 2.00. The van der Waals surface area contributed by atoms with Crippen LogP contribution in [0, 0.1) is 0 Å². The Morgan fingerprint density at radius 1 is 1.43 bits per heavy atom. The van der Waals surface area contributed by atoms with Gasteiger partial charge in [-0.1, -0.05) is 0 Å². The van der Waals surface area contributed by atoms with E-state index in [1.807, 2.05) is 17.5 Å². The van der Waals surface area contributed by atoms with Gasteiger partial charge in [-0.15, -0.1) is 11.3 Å². The standard InChI is InChI=1S/C10H16N2S2/c11-4-1-9-7-12-10(14-9)8-2-5-13-6-3-8/h7-8H,1-6,11H2. The van der Waals surface area contributed by atoms with Crippen LogP contribution in [0.4, 0.5) is 0 Å². The maximum absolute atomic E-state index is 5.52. The Kier molecular flexibility index (Phi) is 3.84. The van der Waals surface area contributed by atoms with Crippen molar-refractivity contribution in [2.45, 2.75) is 25.2 Å². The average molecular weight is 228 g/mol. The molecule has 2 rings (SSSR count). The molecule has 2 nitrogen and oxygen atoms in total. The van der Waals surface area contributed by atoms with Gasteiger partial charge in [-0.05, 0) is 37.3 Å². The third kappa shape index (κ3) is 2.49. The Labute approximate surface area is 93.3 Å². The number of nitrogens with zero attached hydrogens (tertiary/aromatic N) is 1. The molecule has 1 aliphatic rings. The molecule has 1 saturated heterocycles. The first-order valence-corrected chi connectivity index (χ1v) is 7.09. The zero-order valence-corrected chi connectivity index (χ0v) is 9.87. The minimum Gasteiger partial charge on any atom is -0.330 e. The highest BCUT2D eigenvalue weighted by atomic mass is 32.2. The summed E-state index contributed by atoms with van der Waals surface area (Å²) in [5.41, 5.74) is 5.52. The lowest BCUT2D eigenvalue weighted by Crippen LogP contribution is -2.07. The number of rotatable bonds is 3. The van der Waals surface area contributed by atoms with Gasteiger partial charge in [0.25, 0.3) is 0 Å². The SMILES string of the molecule is NCCc1cnc(C2CCSCC2)s1. The molecule has 0 amide bonds. The van der Waals surface area contributed by atoms with Crippen LogP contribution >= 0.6 is 23.1 Å². The Bertz CT molecular complexity index is 279. The maximum atomic E-state index is 5.52. The molecule has 2 heterocycles. The van der Waals surface area contributed by atoms with Gasteiger partial charge in [-0.2, -0.15) is 11.8 Å². The van der Waals surface area contributed by atoms with Crippen LogP contribution in [-0.4, -0.2) is 23.0 Å². The van der Waals surface area contributed by atoms with Gasteiger partial charge in [0.05, 0.1) is 5.01 Å². The summed E-state index contributed by atoms with van der Waals surface area (Å²) >= 11 is 3.93. The van der Waals surface area contributed by atoms with Gasteiger partial charge < -0.3 is 5.73 Å². The number of nitrogens with two attached hydrogens (primary N) is 1. The van der Waals surface area contributed by atoms with E-state index >= 15 is 0 Å². The minimum atomic E-state index is 0.729. The molecule has 1 aliphatic heterocycles. The molecule has 2 N–H and O–H groups in total. The topological polar surface area (TPSA) is 38.9 Å². The minimum absolute atomic E-state index is 0.729. The van der Waals surface area contributed by atoms with Crippen LogP contribution in [0.25, 0.3) is 0 Å². The van der Waals surface area contributed by atoms with Crippen molar-refractivity contribution in [3.63, 3.8) is 0 Å². The van der Waals surface area contributed by atoms with Gasteiger partial charge in [-0.3, -0.25) is 0 Å².